The van der Waals surface area contributed by atoms with E-state index in [9.17, 15) is 23.6 Å². The van der Waals surface area contributed by atoms with Gasteiger partial charge in [0.1, 0.15) is 18.4 Å². The molecule has 0 saturated carbocycles. The van der Waals surface area contributed by atoms with E-state index in [1.165, 1.54) is 38.3 Å². The van der Waals surface area contributed by atoms with E-state index in [1.54, 1.807) is 16.8 Å². The highest BCUT2D eigenvalue weighted by molar-refractivity contribution is 8.18. The number of ether oxygens (including phenoxy) is 1. The molecule has 8 nitrogen and oxygen atoms in total. The first-order valence-electron chi connectivity index (χ1n) is 10.3. The second-order valence-corrected chi connectivity index (χ2v) is 8.53. The van der Waals surface area contributed by atoms with Crippen molar-refractivity contribution in [1.82, 2.24) is 9.47 Å². The van der Waals surface area contributed by atoms with Gasteiger partial charge in [0.2, 0.25) is 5.91 Å². The number of carbonyl (C=O) groups excluding carboxylic acids is 4. The minimum atomic E-state index is -1.04. The topological polar surface area (TPSA) is 97.7 Å². The maximum absolute atomic E-state index is 13.1. The lowest BCUT2D eigenvalue weighted by Crippen LogP contribution is -2.42. The van der Waals surface area contributed by atoms with E-state index in [-0.39, 0.29) is 17.4 Å². The van der Waals surface area contributed by atoms with E-state index in [0.29, 0.717) is 11.3 Å². The molecule has 3 amide bonds. The molecule has 1 atom stereocenters. The van der Waals surface area contributed by atoms with Gasteiger partial charge in [-0.1, -0.05) is 18.2 Å². The summed E-state index contributed by atoms with van der Waals surface area (Å²) in [5, 5.41) is 2.94. The van der Waals surface area contributed by atoms with Gasteiger partial charge in [-0.2, -0.15) is 0 Å². The zero-order chi connectivity index (χ0) is 24.4. The SMILES string of the molecule is COC(=O)[C@H](C)N1C(=O)S/C(=C/c2cn(CC(=O)Nc3ccc(F)cc3)c3ccccc23)C1=O. The van der Waals surface area contributed by atoms with Crippen LogP contribution in [0.5, 0.6) is 0 Å². The quantitative estimate of drug-likeness (QED) is 0.422. The van der Waals surface area contributed by atoms with Gasteiger partial charge in [-0.05, 0) is 55.1 Å². The molecule has 0 unspecified atom stereocenters. The van der Waals surface area contributed by atoms with Gasteiger partial charge >= 0.3 is 5.97 Å². The lowest BCUT2D eigenvalue weighted by molar-refractivity contribution is -0.148. The Balaban J connectivity index is 1.61. The summed E-state index contributed by atoms with van der Waals surface area (Å²) in [7, 11) is 1.19. The first-order chi connectivity index (χ1) is 16.3. The summed E-state index contributed by atoms with van der Waals surface area (Å²) in [5.74, 6) is -1.98. The van der Waals surface area contributed by atoms with Crippen LogP contribution in [0.2, 0.25) is 0 Å². The number of nitrogens with zero attached hydrogens (tertiary/aromatic N) is 2. The maximum atomic E-state index is 13.1. The largest absolute Gasteiger partial charge is 0.467 e. The Morgan fingerprint density at radius 3 is 2.56 bits per heavy atom. The molecule has 1 aliphatic rings. The number of methoxy groups -OCH3 is 1. The van der Waals surface area contributed by atoms with Crippen molar-refractivity contribution in [3.63, 3.8) is 0 Å². The molecule has 1 saturated heterocycles. The van der Waals surface area contributed by atoms with E-state index in [2.05, 4.69) is 10.1 Å². The zero-order valence-corrected chi connectivity index (χ0v) is 19.1. The predicted octanol–water partition coefficient (Wildman–Crippen LogP) is 4.02. The molecule has 1 fully saturated rings. The Morgan fingerprint density at radius 2 is 1.85 bits per heavy atom. The van der Waals surface area contributed by atoms with Gasteiger partial charge in [0, 0.05) is 28.4 Å². The number of carbonyl (C=O) groups is 4. The number of hydrogen-bond donors (Lipinski definition) is 1. The van der Waals surface area contributed by atoms with Crippen LogP contribution >= 0.6 is 11.8 Å². The standard InChI is InChI=1S/C24H20FN3O5S/c1-14(23(31)33-2)28-22(30)20(34-24(28)32)11-15-12-27(19-6-4-3-5-18(15)19)13-21(29)26-17-9-7-16(25)8-10-17/h3-12,14H,13H2,1-2H3,(H,26,29)/b20-11+/t14-/m0/s1. The average Bonchev–Trinajstić information content (AvgIpc) is 3.30. The van der Waals surface area contributed by atoms with E-state index in [1.807, 2.05) is 24.3 Å². The van der Waals surface area contributed by atoms with E-state index >= 15 is 0 Å². The third-order valence-corrected chi connectivity index (χ3v) is 6.18. The van der Waals surface area contributed by atoms with Crippen molar-refractivity contribution in [3.8, 4) is 0 Å². The number of benzene rings is 2. The maximum Gasteiger partial charge on any atom is 0.328 e. The van der Waals surface area contributed by atoms with Crippen LogP contribution in [0.3, 0.4) is 0 Å². The molecule has 0 spiro atoms. The molecule has 2 heterocycles. The molecular weight excluding hydrogens is 461 g/mol. The van der Waals surface area contributed by atoms with Crippen LogP contribution in [0.4, 0.5) is 14.9 Å². The van der Waals surface area contributed by atoms with Gasteiger partial charge < -0.3 is 14.6 Å². The van der Waals surface area contributed by atoms with Crippen LogP contribution in [0.15, 0.2) is 59.6 Å². The molecule has 1 N–H and O–H groups in total. The Bertz CT molecular complexity index is 1330. The minimum Gasteiger partial charge on any atom is -0.467 e. The van der Waals surface area contributed by atoms with Crippen molar-refractivity contribution in [2.45, 2.75) is 19.5 Å². The number of nitrogens with one attached hydrogen (secondary N) is 1. The Labute approximate surface area is 198 Å². The molecule has 0 bridgehead atoms. The second kappa shape index (κ2) is 9.52. The molecule has 1 aliphatic heterocycles. The lowest BCUT2D eigenvalue weighted by atomic mass is 10.1. The zero-order valence-electron chi connectivity index (χ0n) is 18.3. The summed E-state index contributed by atoms with van der Waals surface area (Å²) in [6.45, 7) is 1.41. The molecule has 2 aromatic carbocycles. The number of para-hydroxylation sites is 1. The lowest BCUT2D eigenvalue weighted by Gasteiger charge is -2.18. The smallest absolute Gasteiger partial charge is 0.328 e. The van der Waals surface area contributed by atoms with Crippen molar-refractivity contribution < 1.29 is 28.3 Å². The van der Waals surface area contributed by atoms with Crippen molar-refractivity contribution >= 4 is 57.5 Å². The average molecular weight is 482 g/mol. The van der Waals surface area contributed by atoms with Crippen molar-refractivity contribution in [2.24, 2.45) is 0 Å². The van der Waals surface area contributed by atoms with Crippen LogP contribution < -0.4 is 5.32 Å². The third-order valence-electron chi connectivity index (χ3n) is 5.30. The number of aromatic nitrogens is 1. The molecule has 0 aliphatic carbocycles. The highest BCUT2D eigenvalue weighted by Gasteiger charge is 2.41. The van der Waals surface area contributed by atoms with Crippen molar-refractivity contribution in [3.05, 3.63) is 71.0 Å². The molecule has 1 aromatic heterocycles. The highest BCUT2D eigenvalue weighted by Crippen LogP contribution is 2.35. The number of anilines is 1. The normalized spacial score (nSPS) is 15.7. The van der Waals surface area contributed by atoms with Crippen LogP contribution in [-0.2, 0) is 25.7 Å². The number of hydrogen-bond acceptors (Lipinski definition) is 6. The van der Waals surface area contributed by atoms with Crippen LogP contribution in [0.25, 0.3) is 17.0 Å². The van der Waals surface area contributed by atoms with Gasteiger partial charge in [-0.3, -0.25) is 19.3 Å². The third kappa shape index (κ3) is 4.58. The molecule has 34 heavy (non-hydrogen) atoms. The van der Waals surface area contributed by atoms with Crippen LogP contribution in [0.1, 0.15) is 12.5 Å². The summed E-state index contributed by atoms with van der Waals surface area (Å²) in [6, 6.07) is 11.7. The van der Waals surface area contributed by atoms with Gasteiger partial charge in [0.05, 0.1) is 12.0 Å². The Hall–Kier alpha value is -3.92. The number of thioether (sulfide) groups is 1. The molecule has 4 rings (SSSR count). The molecule has 10 heteroatoms. The number of rotatable bonds is 6. The summed E-state index contributed by atoms with van der Waals surface area (Å²) in [6.07, 6.45) is 3.29. The summed E-state index contributed by atoms with van der Waals surface area (Å²) in [4.78, 5) is 50.7. The van der Waals surface area contributed by atoms with Gasteiger partial charge in [-0.15, -0.1) is 0 Å². The predicted molar refractivity (Wildman–Crippen MR) is 126 cm³/mol. The molecule has 3 aromatic rings. The van der Waals surface area contributed by atoms with Crippen molar-refractivity contribution in [1.29, 1.82) is 0 Å². The molecular formula is C24H20FN3O5S. The fraction of sp³-hybridized carbons (Fsp3) is 0.167. The second-order valence-electron chi connectivity index (χ2n) is 7.54. The first-order valence-corrected chi connectivity index (χ1v) is 11.1. The minimum absolute atomic E-state index is 0.0212. The summed E-state index contributed by atoms with van der Waals surface area (Å²) < 4.78 is 19.5. The summed E-state index contributed by atoms with van der Waals surface area (Å²) >= 11 is 0.739. The van der Waals surface area contributed by atoms with Crippen molar-refractivity contribution in [2.75, 3.05) is 12.4 Å². The van der Waals surface area contributed by atoms with E-state index in [0.717, 1.165) is 27.6 Å². The van der Waals surface area contributed by atoms with E-state index in [4.69, 9.17) is 0 Å². The molecule has 174 valence electrons. The van der Waals surface area contributed by atoms with Crippen LogP contribution in [0, 0.1) is 5.82 Å². The highest BCUT2D eigenvalue weighted by atomic mass is 32.2. The Morgan fingerprint density at radius 1 is 1.15 bits per heavy atom. The molecule has 0 radical (unpaired) electrons. The van der Waals surface area contributed by atoms with E-state index < -0.39 is 29.0 Å². The van der Waals surface area contributed by atoms with Crippen LogP contribution in [-0.4, -0.2) is 45.6 Å². The fourth-order valence-electron chi connectivity index (χ4n) is 3.64. The number of imide groups is 1. The fourth-order valence-corrected chi connectivity index (χ4v) is 4.54. The first kappa shape index (κ1) is 23.2. The Kier molecular flexibility index (Phi) is 6.51. The number of fused-ring (bicyclic) bond motifs is 1. The number of amides is 3. The monoisotopic (exact) mass is 481 g/mol. The van der Waals surface area contributed by atoms with Gasteiger partial charge in [-0.25, -0.2) is 9.18 Å². The van der Waals surface area contributed by atoms with Gasteiger partial charge in [0.25, 0.3) is 11.1 Å². The summed E-state index contributed by atoms with van der Waals surface area (Å²) in [5.41, 5.74) is 1.86. The number of esters is 1. The van der Waals surface area contributed by atoms with Gasteiger partial charge in [0.15, 0.2) is 0 Å². The number of halogens is 1.